The van der Waals surface area contributed by atoms with Gasteiger partial charge < -0.3 is 19.5 Å². The molecule has 10 nitrogen and oxygen atoms in total. The topological polar surface area (TPSA) is 132 Å². The van der Waals surface area contributed by atoms with E-state index in [-0.39, 0.29) is 24.0 Å². The highest BCUT2D eigenvalue weighted by Crippen LogP contribution is 2.30. The van der Waals surface area contributed by atoms with Gasteiger partial charge in [-0.05, 0) is 36.4 Å². The average Bonchev–Trinajstić information content (AvgIpc) is 2.86. The summed E-state index contributed by atoms with van der Waals surface area (Å²) in [6.07, 6.45) is -0.683. The molecule has 0 radical (unpaired) electrons. The van der Waals surface area contributed by atoms with E-state index in [1.165, 1.54) is 6.07 Å². The summed E-state index contributed by atoms with van der Waals surface area (Å²) >= 11 is 0. The van der Waals surface area contributed by atoms with Gasteiger partial charge in [0.2, 0.25) is 5.91 Å². The first kappa shape index (κ1) is 28.9. The van der Waals surface area contributed by atoms with Crippen molar-refractivity contribution in [1.82, 2.24) is 0 Å². The smallest absolute Gasteiger partial charge is 0.411 e. The number of methoxy groups -OCH3 is 1. The van der Waals surface area contributed by atoms with Crippen LogP contribution in [0.3, 0.4) is 0 Å². The van der Waals surface area contributed by atoms with Crippen LogP contribution in [0, 0.1) is 5.41 Å². The summed E-state index contributed by atoms with van der Waals surface area (Å²) in [5.74, 6) is -0.148. The fourth-order valence-electron chi connectivity index (χ4n) is 3.36. The Labute approximate surface area is 222 Å². The summed E-state index contributed by atoms with van der Waals surface area (Å²) in [6.45, 7) is 6.54. The van der Waals surface area contributed by atoms with Crippen LogP contribution in [0.25, 0.3) is 10.8 Å². The number of benzene rings is 3. The Morgan fingerprint density at radius 3 is 2.11 bits per heavy atom. The highest BCUT2D eigenvalue weighted by molar-refractivity contribution is 7.93. The Balaban J connectivity index is 1.72. The lowest BCUT2D eigenvalue weighted by molar-refractivity contribution is -0.123. The largest absolute Gasteiger partial charge is 0.447 e. The van der Waals surface area contributed by atoms with Crippen molar-refractivity contribution in [2.75, 3.05) is 48.9 Å². The molecule has 3 N–H and O–H groups in total. The van der Waals surface area contributed by atoms with Crippen LogP contribution in [0.4, 0.5) is 21.9 Å². The summed E-state index contributed by atoms with van der Waals surface area (Å²) in [7, 11) is -2.41. The van der Waals surface area contributed by atoms with Crippen LogP contribution in [0.15, 0.2) is 65.6 Å². The molecule has 0 atom stereocenters. The highest BCUT2D eigenvalue weighted by atomic mass is 32.2. The van der Waals surface area contributed by atoms with E-state index in [2.05, 4.69) is 15.4 Å². The van der Waals surface area contributed by atoms with Crippen molar-refractivity contribution in [1.29, 1.82) is 0 Å². The van der Waals surface area contributed by atoms with Gasteiger partial charge in [-0.3, -0.25) is 14.8 Å². The van der Waals surface area contributed by atoms with Gasteiger partial charge in [-0.1, -0.05) is 45.0 Å². The second-order valence-electron chi connectivity index (χ2n) is 9.41. The Hall–Kier alpha value is -3.67. The van der Waals surface area contributed by atoms with Gasteiger partial charge in [-0.2, -0.15) is 0 Å². The Morgan fingerprint density at radius 2 is 1.42 bits per heavy atom. The summed E-state index contributed by atoms with van der Waals surface area (Å²) in [5.41, 5.74) is 0.740. The van der Waals surface area contributed by atoms with E-state index in [0.717, 1.165) is 0 Å². The summed E-state index contributed by atoms with van der Waals surface area (Å²) in [6, 6.07) is 16.2. The Kier molecular flexibility index (Phi) is 9.67. The zero-order valence-electron chi connectivity index (χ0n) is 21.9. The van der Waals surface area contributed by atoms with Crippen LogP contribution in [-0.2, 0) is 29.0 Å². The number of sulfonamides is 1. The van der Waals surface area contributed by atoms with E-state index in [1.54, 1.807) is 82.5 Å². The van der Waals surface area contributed by atoms with Crippen molar-refractivity contribution in [2.45, 2.75) is 25.7 Å². The molecule has 0 unspecified atom stereocenters. The maximum atomic E-state index is 13.3. The SMILES string of the molecule is COCCOCCOC(=O)Nc1cccc2c(S(=O)(=O)Nc3ccc(NC(=O)C(C)(C)C)cc3)cccc12. The molecule has 0 bridgehead atoms. The summed E-state index contributed by atoms with van der Waals surface area (Å²) < 4.78 is 44.4. The number of carbonyl (C=O) groups excluding carboxylic acids is 2. The number of ether oxygens (including phenoxy) is 3. The molecule has 0 saturated carbocycles. The van der Waals surface area contributed by atoms with E-state index >= 15 is 0 Å². The zero-order chi connectivity index (χ0) is 27.8. The summed E-state index contributed by atoms with van der Waals surface area (Å²) in [4.78, 5) is 24.5. The Bertz CT molecular complexity index is 1370. The molecule has 0 aromatic heterocycles. The predicted octanol–water partition coefficient (Wildman–Crippen LogP) is 4.84. The number of anilines is 3. The van der Waals surface area contributed by atoms with Crippen molar-refractivity contribution >= 4 is 49.9 Å². The molecule has 3 rings (SSSR count). The zero-order valence-corrected chi connectivity index (χ0v) is 22.7. The standard InChI is InChI=1S/C27H33N3O7S/c1-27(2,3)25(31)28-19-11-13-20(14-12-19)30-38(33,34)24-10-6-7-21-22(24)8-5-9-23(21)29-26(32)37-18-17-36-16-15-35-4/h5-14,30H,15-18H2,1-4H3,(H,28,31)(H,29,32). The first-order valence-electron chi connectivity index (χ1n) is 12.0. The van der Waals surface area contributed by atoms with Crippen LogP contribution >= 0.6 is 0 Å². The second-order valence-corrected chi connectivity index (χ2v) is 11.1. The van der Waals surface area contributed by atoms with Crippen LogP contribution < -0.4 is 15.4 Å². The van der Waals surface area contributed by atoms with Gasteiger partial charge in [-0.25, -0.2) is 13.2 Å². The normalized spacial score (nSPS) is 11.7. The first-order chi connectivity index (χ1) is 18.0. The van der Waals surface area contributed by atoms with Crippen LogP contribution in [-0.4, -0.2) is 54.0 Å². The van der Waals surface area contributed by atoms with Gasteiger partial charge in [0.15, 0.2) is 0 Å². The van der Waals surface area contributed by atoms with Gasteiger partial charge in [0.05, 0.1) is 30.4 Å². The van der Waals surface area contributed by atoms with Crippen LogP contribution in [0.2, 0.25) is 0 Å². The maximum absolute atomic E-state index is 13.3. The fraction of sp³-hybridized carbons (Fsp3) is 0.333. The molecule has 3 aromatic rings. The quantitative estimate of drug-likeness (QED) is 0.295. The number of hydrogen-bond acceptors (Lipinski definition) is 7. The minimum Gasteiger partial charge on any atom is -0.447 e. The number of nitrogens with one attached hydrogen (secondary N) is 3. The maximum Gasteiger partial charge on any atom is 0.411 e. The van der Waals surface area contributed by atoms with E-state index in [0.29, 0.717) is 41.0 Å². The lowest BCUT2D eigenvalue weighted by atomic mass is 9.95. The molecular weight excluding hydrogens is 510 g/mol. The van der Waals surface area contributed by atoms with E-state index in [9.17, 15) is 18.0 Å². The highest BCUT2D eigenvalue weighted by Gasteiger charge is 2.22. The first-order valence-corrected chi connectivity index (χ1v) is 13.5. The second kappa shape index (κ2) is 12.7. The van der Waals surface area contributed by atoms with Crippen molar-refractivity contribution in [3.05, 3.63) is 60.7 Å². The molecule has 38 heavy (non-hydrogen) atoms. The van der Waals surface area contributed by atoms with Gasteiger partial charge in [0.1, 0.15) is 6.61 Å². The molecule has 0 spiro atoms. The molecule has 2 amide bonds. The third-order valence-corrected chi connectivity index (χ3v) is 6.82. The van der Waals surface area contributed by atoms with Gasteiger partial charge in [0.25, 0.3) is 10.0 Å². The van der Waals surface area contributed by atoms with Gasteiger partial charge in [-0.15, -0.1) is 0 Å². The minimum absolute atomic E-state index is 0.0451. The van der Waals surface area contributed by atoms with Crippen molar-refractivity contribution in [3.63, 3.8) is 0 Å². The number of carbonyl (C=O) groups is 2. The van der Waals surface area contributed by atoms with E-state index < -0.39 is 21.5 Å². The number of hydrogen-bond donors (Lipinski definition) is 3. The molecule has 0 aliphatic rings. The minimum atomic E-state index is -3.98. The monoisotopic (exact) mass is 543 g/mol. The number of amides is 2. The molecule has 0 saturated heterocycles. The molecule has 0 aliphatic heterocycles. The number of rotatable bonds is 11. The molecule has 0 heterocycles. The Morgan fingerprint density at radius 1 is 0.789 bits per heavy atom. The van der Waals surface area contributed by atoms with Crippen molar-refractivity contribution in [2.24, 2.45) is 5.41 Å². The lowest BCUT2D eigenvalue weighted by Gasteiger charge is -2.18. The van der Waals surface area contributed by atoms with Gasteiger partial charge >= 0.3 is 6.09 Å². The molecule has 3 aromatic carbocycles. The molecular formula is C27H33N3O7S. The van der Waals surface area contributed by atoms with Crippen molar-refractivity contribution in [3.8, 4) is 0 Å². The molecule has 11 heteroatoms. The molecule has 0 aliphatic carbocycles. The predicted molar refractivity (Wildman–Crippen MR) is 147 cm³/mol. The lowest BCUT2D eigenvalue weighted by Crippen LogP contribution is -2.27. The fourth-order valence-corrected chi connectivity index (χ4v) is 4.64. The average molecular weight is 544 g/mol. The molecule has 0 fully saturated rings. The number of fused-ring (bicyclic) bond motifs is 1. The van der Waals surface area contributed by atoms with Crippen LogP contribution in [0.5, 0.6) is 0 Å². The van der Waals surface area contributed by atoms with Crippen molar-refractivity contribution < 1.29 is 32.2 Å². The summed E-state index contributed by atoms with van der Waals surface area (Å²) in [5, 5.41) is 6.41. The molecule has 204 valence electrons. The third kappa shape index (κ3) is 7.91. The van der Waals surface area contributed by atoms with Gasteiger partial charge in [0, 0.05) is 34.7 Å². The van der Waals surface area contributed by atoms with E-state index in [1.807, 2.05) is 0 Å². The third-order valence-electron chi connectivity index (χ3n) is 5.38. The van der Waals surface area contributed by atoms with Crippen LogP contribution in [0.1, 0.15) is 20.8 Å². The van der Waals surface area contributed by atoms with E-state index in [4.69, 9.17) is 14.2 Å².